The molecule has 3 N–H and O–H groups in total. The van der Waals surface area contributed by atoms with Crippen molar-refractivity contribution in [1.29, 1.82) is 0 Å². The van der Waals surface area contributed by atoms with Crippen LogP contribution in [0.1, 0.15) is 47.2 Å². The number of rotatable bonds is 5. The molecule has 0 bridgehead atoms. The quantitative estimate of drug-likeness (QED) is 0.737. The molecule has 0 spiro atoms. The van der Waals surface area contributed by atoms with Crippen LogP contribution in [0.25, 0.3) is 0 Å². The molecule has 2 aromatic rings. The summed E-state index contributed by atoms with van der Waals surface area (Å²) in [4.78, 5) is 13.8. The van der Waals surface area contributed by atoms with E-state index in [-0.39, 0.29) is 11.9 Å². The van der Waals surface area contributed by atoms with Crippen molar-refractivity contribution in [1.82, 2.24) is 20.8 Å². The highest BCUT2D eigenvalue weighted by Gasteiger charge is 2.22. The predicted octanol–water partition coefficient (Wildman–Crippen LogP) is 2.66. The molecular weight excluding hydrogens is 308 g/mol. The fraction of sp³-hybridized carbons (Fsp3) is 0.412. The first-order valence-corrected chi connectivity index (χ1v) is 8.98. The maximum absolute atomic E-state index is 12.5. The van der Waals surface area contributed by atoms with Gasteiger partial charge in [-0.25, -0.2) is 0 Å². The minimum Gasteiger partial charge on any atom is -0.344 e. The van der Waals surface area contributed by atoms with Crippen molar-refractivity contribution >= 4 is 17.7 Å². The van der Waals surface area contributed by atoms with Gasteiger partial charge in [0.25, 0.3) is 5.91 Å². The van der Waals surface area contributed by atoms with Gasteiger partial charge in [0, 0.05) is 35.7 Å². The number of fused-ring (bicyclic) bond motifs is 1. The molecule has 3 rings (SSSR count). The lowest BCUT2D eigenvalue weighted by molar-refractivity contribution is 0.0933. The van der Waals surface area contributed by atoms with Crippen LogP contribution in [0, 0.1) is 0 Å². The second-order valence-electron chi connectivity index (χ2n) is 5.65. The molecule has 1 atom stereocenters. The smallest absolute Gasteiger partial charge is 0.272 e. The van der Waals surface area contributed by atoms with E-state index >= 15 is 0 Å². The first kappa shape index (κ1) is 16.1. The monoisotopic (exact) mass is 330 g/mol. The van der Waals surface area contributed by atoms with E-state index in [1.54, 1.807) is 0 Å². The summed E-state index contributed by atoms with van der Waals surface area (Å²) in [6.07, 6.45) is 0.891. The van der Waals surface area contributed by atoms with Crippen LogP contribution >= 0.6 is 11.8 Å². The lowest BCUT2D eigenvalue weighted by Crippen LogP contribution is -2.30. The highest BCUT2D eigenvalue weighted by Crippen LogP contribution is 2.21. The molecule has 0 saturated carbocycles. The summed E-state index contributed by atoms with van der Waals surface area (Å²) >= 11 is 1.81. The fourth-order valence-corrected chi connectivity index (χ4v) is 3.44. The molecule has 6 heteroatoms. The summed E-state index contributed by atoms with van der Waals surface area (Å²) in [5.74, 6) is 0.940. The van der Waals surface area contributed by atoms with Crippen molar-refractivity contribution in [3.63, 3.8) is 0 Å². The molecule has 1 aromatic carbocycles. The summed E-state index contributed by atoms with van der Waals surface area (Å²) in [7, 11) is 0. The number of amides is 1. The van der Waals surface area contributed by atoms with Crippen LogP contribution in [0.3, 0.4) is 0 Å². The van der Waals surface area contributed by atoms with Crippen molar-refractivity contribution in [2.75, 3.05) is 12.3 Å². The SMILES string of the molecule is CCSc1ccc(C(C)NC(=O)c2n[nH]c3c2CNCC3)cc1. The van der Waals surface area contributed by atoms with Gasteiger partial charge in [0.1, 0.15) is 0 Å². The third-order valence-electron chi connectivity index (χ3n) is 4.06. The van der Waals surface area contributed by atoms with Crippen molar-refractivity contribution in [2.24, 2.45) is 0 Å². The molecule has 1 unspecified atom stereocenters. The number of aromatic nitrogens is 2. The van der Waals surface area contributed by atoms with Gasteiger partial charge in [-0.2, -0.15) is 5.10 Å². The summed E-state index contributed by atoms with van der Waals surface area (Å²) in [5.41, 5.74) is 3.68. The second kappa shape index (κ2) is 7.19. The van der Waals surface area contributed by atoms with E-state index in [1.165, 1.54) is 4.90 Å². The van der Waals surface area contributed by atoms with Crippen LogP contribution in [-0.4, -0.2) is 28.4 Å². The summed E-state index contributed by atoms with van der Waals surface area (Å²) < 4.78 is 0. The number of hydrogen-bond donors (Lipinski definition) is 3. The fourth-order valence-electron chi connectivity index (χ4n) is 2.78. The van der Waals surface area contributed by atoms with E-state index < -0.39 is 0 Å². The first-order valence-electron chi connectivity index (χ1n) is 7.99. The van der Waals surface area contributed by atoms with E-state index in [4.69, 9.17) is 0 Å². The third-order valence-corrected chi connectivity index (χ3v) is 4.95. The van der Waals surface area contributed by atoms with Crippen LogP contribution < -0.4 is 10.6 Å². The Bertz CT molecular complexity index is 680. The normalized spacial score (nSPS) is 15.0. The van der Waals surface area contributed by atoms with E-state index in [2.05, 4.69) is 52.0 Å². The average molecular weight is 330 g/mol. The topological polar surface area (TPSA) is 69.8 Å². The zero-order valence-corrected chi connectivity index (χ0v) is 14.3. The molecule has 0 radical (unpaired) electrons. The largest absolute Gasteiger partial charge is 0.344 e. The van der Waals surface area contributed by atoms with Gasteiger partial charge in [-0.1, -0.05) is 19.1 Å². The molecule has 0 aliphatic carbocycles. The summed E-state index contributed by atoms with van der Waals surface area (Å²) in [6.45, 7) is 5.76. The molecule has 0 saturated heterocycles. The standard InChI is InChI=1S/C17H22N4OS/c1-3-23-13-6-4-12(5-7-13)11(2)19-17(22)16-14-10-18-9-8-15(14)20-21-16/h4-7,11,18H,3,8-10H2,1-2H3,(H,19,22)(H,20,21). The molecule has 1 aliphatic rings. The summed E-state index contributed by atoms with van der Waals surface area (Å²) in [6, 6.07) is 8.31. The Hall–Kier alpha value is -1.79. The van der Waals surface area contributed by atoms with Crippen LogP contribution in [-0.2, 0) is 13.0 Å². The van der Waals surface area contributed by atoms with Crippen molar-refractivity contribution in [3.8, 4) is 0 Å². The number of carbonyl (C=O) groups excluding carboxylic acids is 1. The predicted molar refractivity (Wildman–Crippen MR) is 92.7 cm³/mol. The van der Waals surface area contributed by atoms with E-state index in [1.807, 2.05) is 18.7 Å². The van der Waals surface area contributed by atoms with E-state index in [0.29, 0.717) is 12.2 Å². The van der Waals surface area contributed by atoms with E-state index in [9.17, 15) is 4.79 Å². The molecule has 0 fully saturated rings. The molecule has 1 aliphatic heterocycles. The number of hydrogen-bond acceptors (Lipinski definition) is 4. The van der Waals surface area contributed by atoms with Gasteiger partial charge in [-0.3, -0.25) is 9.89 Å². The number of nitrogens with one attached hydrogen (secondary N) is 3. The molecule has 1 amide bonds. The van der Waals surface area contributed by atoms with Crippen molar-refractivity contribution in [3.05, 3.63) is 46.8 Å². The third kappa shape index (κ3) is 3.59. The minimum atomic E-state index is -0.120. The summed E-state index contributed by atoms with van der Waals surface area (Å²) in [5, 5.41) is 13.5. The number of aromatic amines is 1. The maximum atomic E-state index is 12.5. The van der Waals surface area contributed by atoms with Crippen molar-refractivity contribution in [2.45, 2.75) is 37.8 Å². The van der Waals surface area contributed by atoms with Gasteiger partial charge in [-0.05, 0) is 30.4 Å². The van der Waals surface area contributed by atoms with E-state index in [0.717, 1.165) is 35.5 Å². The van der Waals surface area contributed by atoms with Crippen LogP contribution in [0.4, 0.5) is 0 Å². The number of carbonyl (C=O) groups is 1. The lowest BCUT2D eigenvalue weighted by atomic mass is 10.1. The molecule has 2 heterocycles. The van der Waals surface area contributed by atoms with Gasteiger partial charge < -0.3 is 10.6 Å². The average Bonchev–Trinajstić information content (AvgIpc) is 3.00. The highest BCUT2D eigenvalue weighted by atomic mass is 32.2. The Morgan fingerprint density at radius 2 is 2.17 bits per heavy atom. The van der Waals surface area contributed by atoms with Gasteiger partial charge in [0.2, 0.25) is 0 Å². The highest BCUT2D eigenvalue weighted by molar-refractivity contribution is 7.99. The van der Waals surface area contributed by atoms with Crippen molar-refractivity contribution < 1.29 is 4.79 Å². The molecule has 122 valence electrons. The Labute approximate surface area is 140 Å². The minimum absolute atomic E-state index is 0.0490. The zero-order valence-electron chi connectivity index (χ0n) is 13.5. The van der Waals surface area contributed by atoms with Gasteiger partial charge >= 0.3 is 0 Å². The van der Waals surface area contributed by atoms with Crippen LogP contribution in [0.2, 0.25) is 0 Å². The zero-order chi connectivity index (χ0) is 16.2. The Morgan fingerprint density at radius 3 is 2.91 bits per heavy atom. The molecule has 5 nitrogen and oxygen atoms in total. The Balaban J connectivity index is 1.68. The van der Waals surface area contributed by atoms with Gasteiger partial charge in [0.05, 0.1) is 6.04 Å². The maximum Gasteiger partial charge on any atom is 0.272 e. The first-order chi connectivity index (χ1) is 11.2. The Kier molecular flexibility index (Phi) is 5.03. The molecule has 1 aromatic heterocycles. The molecular formula is C17H22N4OS. The van der Waals surface area contributed by atoms with Gasteiger partial charge in [0.15, 0.2) is 5.69 Å². The lowest BCUT2D eigenvalue weighted by Gasteiger charge is -2.16. The number of H-pyrrole nitrogens is 1. The Morgan fingerprint density at radius 1 is 1.39 bits per heavy atom. The molecule has 23 heavy (non-hydrogen) atoms. The van der Waals surface area contributed by atoms with Gasteiger partial charge in [-0.15, -0.1) is 11.8 Å². The van der Waals surface area contributed by atoms with Crippen LogP contribution in [0.5, 0.6) is 0 Å². The van der Waals surface area contributed by atoms with Crippen LogP contribution in [0.15, 0.2) is 29.2 Å². The second-order valence-corrected chi connectivity index (χ2v) is 6.99. The number of nitrogens with zero attached hydrogens (tertiary/aromatic N) is 1. The number of thioether (sulfide) groups is 1. The number of benzene rings is 1.